The van der Waals surface area contributed by atoms with Crippen molar-refractivity contribution in [2.75, 3.05) is 7.05 Å². The van der Waals surface area contributed by atoms with Gasteiger partial charge in [-0.1, -0.05) is 12.1 Å². The Bertz CT molecular complexity index is 758. The van der Waals surface area contributed by atoms with Gasteiger partial charge in [0.2, 0.25) is 0 Å². The molecule has 0 radical (unpaired) electrons. The molecule has 1 aromatic carbocycles. The zero-order chi connectivity index (χ0) is 15.5. The van der Waals surface area contributed by atoms with E-state index in [4.69, 9.17) is 0 Å². The first-order valence-electron chi connectivity index (χ1n) is 6.99. The molecule has 0 unspecified atom stereocenters. The summed E-state index contributed by atoms with van der Waals surface area (Å²) in [4.78, 5) is 14.1. The molecule has 2 N–H and O–H groups in total. The summed E-state index contributed by atoms with van der Waals surface area (Å²) in [6, 6.07) is 9.38. The lowest BCUT2D eigenvalue weighted by Crippen LogP contribution is -2.26. The second-order valence-corrected chi connectivity index (χ2v) is 5.23. The number of benzene rings is 1. The van der Waals surface area contributed by atoms with E-state index in [1.54, 1.807) is 24.3 Å². The van der Waals surface area contributed by atoms with Crippen LogP contribution in [0.2, 0.25) is 0 Å². The van der Waals surface area contributed by atoms with Gasteiger partial charge < -0.3 is 4.90 Å². The standard InChI is InChI=1S/C16H17N5O/c1-11-14(9-18-19-11)10-21(2)16(22)13-5-3-12(4-6-13)15-7-8-17-20-15/h3-9H,10H2,1-2H3,(H,17,20)(H,18,19). The van der Waals surface area contributed by atoms with E-state index in [2.05, 4.69) is 20.4 Å². The number of aromatic amines is 2. The Morgan fingerprint density at radius 3 is 2.50 bits per heavy atom. The molecule has 0 aliphatic rings. The second-order valence-electron chi connectivity index (χ2n) is 5.23. The number of hydrogen-bond acceptors (Lipinski definition) is 3. The molecule has 3 aromatic rings. The van der Waals surface area contributed by atoms with Crippen molar-refractivity contribution >= 4 is 5.91 Å². The number of aryl methyl sites for hydroxylation is 1. The number of nitrogens with one attached hydrogen (secondary N) is 2. The van der Waals surface area contributed by atoms with E-state index in [0.717, 1.165) is 22.5 Å². The maximum atomic E-state index is 12.5. The average molecular weight is 295 g/mol. The number of aromatic nitrogens is 4. The molecule has 0 atom stereocenters. The SMILES string of the molecule is Cc1[nH]ncc1CN(C)C(=O)c1ccc(-c2ccn[nH]2)cc1. The van der Waals surface area contributed by atoms with Crippen molar-refractivity contribution in [3.8, 4) is 11.3 Å². The maximum Gasteiger partial charge on any atom is 0.253 e. The Kier molecular flexibility index (Phi) is 3.74. The monoisotopic (exact) mass is 295 g/mol. The lowest BCUT2D eigenvalue weighted by molar-refractivity contribution is 0.0785. The molecule has 6 heteroatoms. The van der Waals surface area contributed by atoms with Crippen LogP contribution < -0.4 is 0 Å². The molecule has 0 aliphatic carbocycles. The van der Waals surface area contributed by atoms with Crippen LogP contribution in [0.15, 0.2) is 42.7 Å². The Hall–Kier alpha value is -2.89. The first-order chi connectivity index (χ1) is 10.6. The highest BCUT2D eigenvalue weighted by Crippen LogP contribution is 2.18. The molecular formula is C16H17N5O. The smallest absolute Gasteiger partial charge is 0.253 e. The molecule has 0 bridgehead atoms. The van der Waals surface area contributed by atoms with Crippen molar-refractivity contribution < 1.29 is 4.79 Å². The number of amides is 1. The minimum atomic E-state index is -0.0169. The highest BCUT2D eigenvalue weighted by atomic mass is 16.2. The largest absolute Gasteiger partial charge is 0.337 e. The molecular weight excluding hydrogens is 278 g/mol. The molecule has 6 nitrogen and oxygen atoms in total. The van der Waals surface area contributed by atoms with Crippen LogP contribution in [0.3, 0.4) is 0 Å². The Balaban J connectivity index is 1.73. The lowest BCUT2D eigenvalue weighted by atomic mass is 10.1. The lowest BCUT2D eigenvalue weighted by Gasteiger charge is -2.17. The first-order valence-corrected chi connectivity index (χ1v) is 6.99. The number of carbonyl (C=O) groups is 1. The van der Waals surface area contributed by atoms with Gasteiger partial charge in [0.25, 0.3) is 5.91 Å². The van der Waals surface area contributed by atoms with Crippen LogP contribution in [0.5, 0.6) is 0 Å². The topological polar surface area (TPSA) is 77.7 Å². The fourth-order valence-electron chi connectivity index (χ4n) is 2.29. The molecule has 2 aromatic heterocycles. The number of hydrogen-bond donors (Lipinski definition) is 2. The summed E-state index contributed by atoms with van der Waals surface area (Å²) in [6.45, 7) is 2.48. The van der Waals surface area contributed by atoms with Crippen molar-refractivity contribution in [1.82, 2.24) is 25.3 Å². The fraction of sp³-hybridized carbons (Fsp3) is 0.188. The fourth-order valence-corrected chi connectivity index (χ4v) is 2.29. The van der Waals surface area contributed by atoms with Crippen molar-refractivity contribution in [2.24, 2.45) is 0 Å². The number of rotatable bonds is 4. The van der Waals surface area contributed by atoms with Crippen LogP contribution in [0.1, 0.15) is 21.6 Å². The summed E-state index contributed by atoms with van der Waals surface area (Å²) in [7, 11) is 1.79. The van der Waals surface area contributed by atoms with E-state index in [0.29, 0.717) is 12.1 Å². The molecule has 3 rings (SSSR count). The Morgan fingerprint density at radius 2 is 1.91 bits per heavy atom. The molecule has 1 amide bonds. The van der Waals surface area contributed by atoms with E-state index in [1.807, 2.05) is 37.3 Å². The Morgan fingerprint density at radius 1 is 1.14 bits per heavy atom. The Labute approximate surface area is 128 Å². The number of carbonyl (C=O) groups excluding carboxylic acids is 1. The highest BCUT2D eigenvalue weighted by molar-refractivity contribution is 5.94. The summed E-state index contributed by atoms with van der Waals surface area (Å²) in [5, 5.41) is 13.7. The van der Waals surface area contributed by atoms with E-state index >= 15 is 0 Å². The van der Waals surface area contributed by atoms with Gasteiger partial charge >= 0.3 is 0 Å². The van der Waals surface area contributed by atoms with Gasteiger partial charge in [-0.3, -0.25) is 15.0 Å². The van der Waals surface area contributed by atoms with E-state index in [9.17, 15) is 4.79 Å². The summed E-state index contributed by atoms with van der Waals surface area (Å²) in [5.74, 6) is -0.0169. The van der Waals surface area contributed by atoms with Crippen molar-refractivity contribution in [3.05, 3.63) is 59.5 Å². The molecule has 112 valence electrons. The molecule has 0 saturated carbocycles. The highest BCUT2D eigenvalue weighted by Gasteiger charge is 2.14. The van der Waals surface area contributed by atoms with E-state index in [-0.39, 0.29) is 5.91 Å². The van der Waals surface area contributed by atoms with Crippen molar-refractivity contribution in [2.45, 2.75) is 13.5 Å². The molecule has 0 aliphatic heterocycles. The van der Waals surface area contributed by atoms with Gasteiger partial charge in [-0.2, -0.15) is 10.2 Å². The summed E-state index contributed by atoms with van der Waals surface area (Å²) in [6.07, 6.45) is 3.45. The minimum absolute atomic E-state index is 0.0169. The summed E-state index contributed by atoms with van der Waals surface area (Å²) >= 11 is 0. The minimum Gasteiger partial charge on any atom is -0.337 e. The third-order valence-electron chi connectivity index (χ3n) is 3.63. The molecule has 0 saturated heterocycles. The van der Waals surface area contributed by atoms with Gasteiger partial charge in [0.15, 0.2) is 0 Å². The van der Waals surface area contributed by atoms with Crippen LogP contribution >= 0.6 is 0 Å². The van der Waals surface area contributed by atoms with Crippen molar-refractivity contribution in [1.29, 1.82) is 0 Å². The van der Waals surface area contributed by atoms with Crippen LogP contribution in [0, 0.1) is 6.92 Å². The van der Waals surface area contributed by atoms with E-state index in [1.165, 1.54) is 0 Å². The maximum absolute atomic E-state index is 12.5. The molecule has 2 heterocycles. The van der Waals surface area contributed by atoms with Gasteiger partial charge in [-0.05, 0) is 30.7 Å². The summed E-state index contributed by atoms with van der Waals surface area (Å²) in [5.41, 5.74) is 4.59. The molecule has 0 fully saturated rings. The van der Waals surface area contributed by atoms with Gasteiger partial charge in [0, 0.05) is 36.6 Å². The van der Waals surface area contributed by atoms with Gasteiger partial charge in [0.05, 0.1) is 11.9 Å². The quantitative estimate of drug-likeness (QED) is 0.775. The van der Waals surface area contributed by atoms with Crippen molar-refractivity contribution in [3.63, 3.8) is 0 Å². The molecule has 0 spiro atoms. The predicted molar refractivity (Wildman–Crippen MR) is 83.1 cm³/mol. The van der Waals surface area contributed by atoms with Gasteiger partial charge in [-0.25, -0.2) is 0 Å². The second kappa shape index (κ2) is 5.85. The average Bonchev–Trinajstić information content (AvgIpc) is 3.19. The van der Waals surface area contributed by atoms with Crippen LogP contribution in [-0.2, 0) is 6.54 Å². The summed E-state index contributed by atoms with van der Waals surface area (Å²) < 4.78 is 0. The molecule has 22 heavy (non-hydrogen) atoms. The van der Waals surface area contributed by atoms with Crippen LogP contribution in [-0.4, -0.2) is 38.2 Å². The third-order valence-corrected chi connectivity index (χ3v) is 3.63. The van der Waals surface area contributed by atoms with Crippen LogP contribution in [0.4, 0.5) is 0 Å². The normalized spacial score (nSPS) is 10.6. The zero-order valence-corrected chi connectivity index (χ0v) is 12.5. The predicted octanol–water partition coefficient (Wildman–Crippen LogP) is 2.38. The first kappa shape index (κ1) is 14.1. The number of nitrogens with zero attached hydrogens (tertiary/aromatic N) is 3. The van der Waals surface area contributed by atoms with Gasteiger partial charge in [-0.15, -0.1) is 0 Å². The van der Waals surface area contributed by atoms with Gasteiger partial charge in [0.1, 0.15) is 0 Å². The zero-order valence-electron chi connectivity index (χ0n) is 12.5. The number of H-pyrrole nitrogens is 2. The van der Waals surface area contributed by atoms with E-state index < -0.39 is 0 Å². The van der Waals surface area contributed by atoms with Crippen LogP contribution in [0.25, 0.3) is 11.3 Å². The third kappa shape index (κ3) is 2.76.